The highest BCUT2D eigenvalue weighted by Crippen LogP contribution is 2.28. The highest BCUT2D eigenvalue weighted by Gasteiger charge is 2.30. The van der Waals surface area contributed by atoms with Crippen molar-refractivity contribution in [2.75, 3.05) is 24.7 Å². The molecule has 1 heterocycles. The van der Waals surface area contributed by atoms with E-state index in [1.807, 2.05) is 0 Å². The number of hydrogen-bond donors (Lipinski definition) is 2. The highest BCUT2D eigenvalue weighted by molar-refractivity contribution is 7.90. The quantitative estimate of drug-likeness (QED) is 0.700. The predicted molar refractivity (Wildman–Crippen MR) is 94.6 cm³/mol. The molecule has 0 fully saturated rings. The number of amides is 1. The second-order valence-corrected chi connectivity index (χ2v) is 7.92. The number of aromatic nitrogens is 1. The minimum absolute atomic E-state index is 0.0177. The number of halogens is 4. The second-order valence-electron chi connectivity index (χ2n) is 5.53. The molecular weight excluding hydrogens is 407 g/mol. The van der Waals surface area contributed by atoms with Gasteiger partial charge in [0.2, 0.25) is 0 Å². The molecule has 0 radical (unpaired) electrons. The van der Waals surface area contributed by atoms with Crippen LogP contribution in [-0.2, 0) is 16.0 Å². The average molecular weight is 422 g/mol. The number of nitrogens with one attached hydrogen (secondary N) is 2. The van der Waals surface area contributed by atoms with E-state index in [1.54, 1.807) is 0 Å². The van der Waals surface area contributed by atoms with Crippen LogP contribution >= 0.6 is 11.6 Å². The fourth-order valence-electron chi connectivity index (χ4n) is 2.06. The maximum atomic E-state index is 12.4. The lowest BCUT2D eigenvalue weighted by Crippen LogP contribution is -2.29. The van der Waals surface area contributed by atoms with Crippen LogP contribution in [0.1, 0.15) is 15.9 Å². The van der Waals surface area contributed by atoms with Gasteiger partial charge < -0.3 is 10.6 Å². The van der Waals surface area contributed by atoms with Crippen molar-refractivity contribution in [2.24, 2.45) is 0 Å². The number of alkyl halides is 3. The molecule has 0 saturated heterocycles. The lowest BCUT2D eigenvalue weighted by Gasteiger charge is -2.10. The number of benzene rings is 1. The summed E-state index contributed by atoms with van der Waals surface area (Å²) in [5.41, 5.74) is -0.738. The van der Waals surface area contributed by atoms with Crippen molar-refractivity contribution in [1.29, 1.82) is 0 Å². The first-order valence-electron chi connectivity index (χ1n) is 7.53. The van der Waals surface area contributed by atoms with Crippen LogP contribution in [0.5, 0.6) is 0 Å². The third-order valence-electron chi connectivity index (χ3n) is 3.40. The first-order valence-corrected chi connectivity index (χ1v) is 9.80. The van der Waals surface area contributed by atoms with E-state index in [0.717, 1.165) is 12.3 Å². The predicted octanol–water partition coefficient (Wildman–Crippen LogP) is 3.00. The topological polar surface area (TPSA) is 88.2 Å². The van der Waals surface area contributed by atoms with Crippen molar-refractivity contribution in [3.63, 3.8) is 0 Å². The van der Waals surface area contributed by atoms with E-state index in [4.69, 9.17) is 11.6 Å². The van der Waals surface area contributed by atoms with Crippen LogP contribution < -0.4 is 10.6 Å². The Hall–Kier alpha value is -2.33. The lowest BCUT2D eigenvalue weighted by molar-refractivity contribution is -0.137. The Morgan fingerprint density at radius 3 is 2.44 bits per heavy atom. The normalized spacial score (nSPS) is 11.9. The summed E-state index contributed by atoms with van der Waals surface area (Å²) in [5, 5.41) is 5.34. The number of nitrogens with zero attached hydrogens (tertiary/aromatic N) is 1. The first-order chi connectivity index (χ1) is 12.5. The van der Waals surface area contributed by atoms with Crippen LogP contribution in [0.4, 0.5) is 19.0 Å². The number of pyridine rings is 1. The monoisotopic (exact) mass is 421 g/mol. The summed E-state index contributed by atoms with van der Waals surface area (Å²) in [6.45, 7) is 0.342. The van der Waals surface area contributed by atoms with E-state index >= 15 is 0 Å². The average Bonchev–Trinajstić information content (AvgIpc) is 2.57. The molecule has 0 aliphatic rings. The van der Waals surface area contributed by atoms with Gasteiger partial charge in [0.1, 0.15) is 5.82 Å². The molecule has 27 heavy (non-hydrogen) atoms. The van der Waals surface area contributed by atoms with Gasteiger partial charge in [0, 0.05) is 31.1 Å². The molecule has 1 aromatic carbocycles. The smallest absolute Gasteiger partial charge is 0.368 e. The fraction of sp³-hybridized carbons (Fsp3) is 0.250. The van der Waals surface area contributed by atoms with Crippen molar-refractivity contribution in [1.82, 2.24) is 10.3 Å². The van der Waals surface area contributed by atoms with Crippen LogP contribution in [0.15, 0.2) is 41.4 Å². The van der Waals surface area contributed by atoms with Crippen LogP contribution in [-0.4, -0.2) is 38.7 Å². The van der Waals surface area contributed by atoms with Crippen LogP contribution in [0.2, 0.25) is 5.02 Å². The Bertz CT molecular complexity index is 932. The maximum absolute atomic E-state index is 12.4. The van der Waals surface area contributed by atoms with Gasteiger partial charge in [0.15, 0.2) is 9.84 Å². The fourth-order valence-corrected chi connectivity index (χ4v) is 3.36. The lowest BCUT2D eigenvalue weighted by atomic mass is 10.2. The van der Waals surface area contributed by atoms with E-state index in [2.05, 4.69) is 15.6 Å². The molecular formula is C16H15ClF3N3O3S. The molecule has 1 amide bonds. The Kier molecular flexibility index (Phi) is 6.32. The van der Waals surface area contributed by atoms with Gasteiger partial charge in [-0.2, -0.15) is 13.2 Å². The summed E-state index contributed by atoms with van der Waals surface area (Å²) in [5.74, 6) is -0.290. The summed E-state index contributed by atoms with van der Waals surface area (Å²) in [6.07, 6.45) is -2.76. The zero-order valence-electron chi connectivity index (χ0n) is 14.0. The number of carbonyl (C=O) groups is 1. The molecule has 146 valence electrons. The Labute approximate surface area is 158 Å². The van der Waals surface area contributed by atoms with E-state index in [9.17, 15) is 26.4 Å². The molecule has 0 saturated carbocycles. The van der Waals surface area contributed by atoms with Crippen molar-refractivity contribution in [2.45, 2.75) is 11.1 Å². The van der Waals surface area contributed by atoms with E-state index in [1.165, 1.54) is 24.3 Å². The zero-order valence-corrected chi connectivity index (χ0v) is 15.5. The van der Waals surface area contributed by atoms with E-state index in [-0.39, 0.29) is 34.4 Å². The summed E-state index contributed by atoms with van der Waals surface area (Å²) in [6, 6.07) is 5.96. The minimum atomic E-state index is -4.46. The molecule has 0 bridgehead atoms. The van der Waals surface area contributed by atoms with Gasteiger partial charge in [-0.15, -0.1) is 0 Å². The molecule has 0 spiro atoms. The molecule has 11 heteroatoms. The highest BCUT2D eigenvalue weighted by atomic mass is 35.5. The van der Waals surface area contributed by atoms with Crippen molar-refractivity contribution in [3.8, 4) is 0 Å². The molecule has 0 aliphatic heterocycles. The second kappa shape index (κ2) is 8.13. The van der Waals surface area contributed by atoms with E-state index < -0.39 is 27.5 Å². The van der Waals surface area contributed by atoms with Crippen molar-refractivity contribution in [3.05, 3.63) is 52.7 Å². The van der Waals surface area contributed by atoms with Crippen molar-refractivity contribution >= 4 is 33.2 Å². The van der Waals surface area contributed by atoms with Gasteiger partial charge >= 0.3 is 6.18 Å². The van der Waals surface area contributed by atoms with Crippen LogP contribution in [0.3, 0.4) is 0 Å². The standard InChI is InChI=1S/C16H15ClF3N3O3S/c1-27(25,26)13-8-10(2-4-12(13)17)15(24)22-7-6-21-14-5-3-11(9-23-14)16(18,19)20/h2-5,8-9H,6-7H2,1H3,(H,21,23)(H,22,24). The summed E-state index contributed by atoms with van der Waals surface area (Å²) < 4.78 is 60.6. The van der Waals surface area contributed by atoms with Crippen LogP contribution in [0, 0.1) is 0 Å². The first kappa shape index (κ1) is 21.0. The number of sulfone groups is 1. The zero-order chi connectivity index (χ0) is 20.2. The van der Waals surface area contributed by atoms with Gasteiger partial charge in [0.25, 0.3) is 5.91 Å². The Balaban J connectivity index is 1.90. The molecule has 0 unspecified atom stereocenters. The number of rotatable bonds is 6. The molecule has 2 aromatic rings. The van der Waals surface area contributed by atoms with Gasteiger partial charge in [-0.25, -0.2) is 13.4 Å². The van der Waals surface area contributed by atoms with E-state index in [0.29, 0.717) is 6.20 Å². The molecule has 6 nitrogen and oxygen atoms in total. The third kappa shape index (κ3) is 5.83. The van der Waals surface area contributed by atoms with Gasteiger partial charge in [-0.1, -0.05) is 11.6 Å². The van der Waals surface area contributed by atoms with Gasteiger partial charge in [-0.3, -0.25) is 4.79 Å². The Morgan fingerprint density at radius 2 is 1.89 bits per heavy atom. The summed E-state index contributed by atoms with van der Waals surface area (Å²) in [4.78, 5) is 15.6. The van der Waals surface area contributed by atoms with Crippen molar-refractivity contribution < 1.29 is 26.4 Å². The number of carbonyl (C=O) groups excluding carboxylic acids is 1. The van der Waals surface area contributed by atoms with Gasteiger partial charge in [0.05, 0.1) is 15.5 Å². The molecule has 0 atom stereocenters. The number of hydrogen-bond acceptors (Lipinski definition) is 5. The Morgan fingerprint density at radius 1 is 1.19 bits per heavy atom. The maximum Gasteiger partial charge on any atom is 0.417 e. The summed E-state index contributed by atoms with van der Waals surface area (Å²) >= 11 is 5.82. The van der Waals surface area contributed by atoms with Gasteiger partial charge in [-0.05, 0) is 30.3 Å². The largest absolute Gasteiger partial charge is 0.417 e. The van der Waals surface area contributed by atoms with Crippen LogP contribution in [0.25, 0.3) is 0 Å². The third-order valence-corrected chi connectivity index (χ3v) is 4.98. The molecule has 2 N–H and O–H groups in total. The minimum Gasteiger partial charge on any atom is -0.368 e. The molecule has 2 rings (SSSR count). The SMILES string of the molecule is CS(=O)(=O)c1cc(C(=O)NCCNc2ccc(C(F)(F)F)cn2)ccc1Cl. The molecule has 0 aliphatic carbocycles. The summed E-state index contributed by atoms with van der Waals surface area (Å²) in [7, 11) is -3.58. The number of anilines is 1. The molecule has 1 aromatic heterocycles.